The summed E-state index contributed by atoms with van der Waals surface area (Å²) in [7, 11) is 1.57. The number of hydrogen-bond donors (Lipinski definition) is 3. The fourth-order valence-corrected chi connectivity index (χ4v) is 4.87. The predicted octanol–water partition coefficient (Wildman–Crippen LogP) is 6.80. The van der Waals surface area contributed by atoms with E-state index in [4.69, 9.17) is 9.47 Å². The number of phenolic OH excluding ortho intramolecular Hbond substituents is 1. The highest BCUT2D eigenvalue weighted by molar-refractivity contribution is 5.99. The van der Waals surface area contributed by atoms with Crippen molar-refractivity contribution in [3.8, 4) is 11.5 Å². The Balaban J connectivity index is 2.13. The summed E-state index contributed by atoms with van der Waals surface area (Å²) in [5.41, 5.74) is 1.38. The first kappa shape index (κ1) is 35.0. The summed E-state index contributed by atoms with van der Waals surface area (Å²) < 4.78 is 10.8. The lowest BCUT2D eigenvalue weighted by Crippen LogP contribution is -2.59. The standard InChI is InChI=1S/C36H47N3O6/c1-9-24-11-15-26(16-12-24)31(32(41)37-27-17-21-29(44-8)22-18-27)39(36(6,7)10-2)33(42)30(38-34(43)45-35(3,4)5)23-25-13-19-28(40)20-14-25/h11-22,30-31,40H,9-10,23H2,1-8H3,(H,37,41)(H,38,43). The Bertz CT molecular complexity index is 1430. The Morgan fingerprint density at radius 2 is 1.42 bits per heavy atom. The van der Waals surface area contributed by atoms with Crippen molar-refractivity contribution in [1.82, 2.24) is 10.2 Å². The minimum atomic E-state index is -1.08. The smallest absolute Gasteiger partial charge is 0.408 e. The molecule has 0 aliphatic carbocycles. The molecule has 242 valence electrons. The topological polar surface area (TPSA) is 117 Å². The van der Waals surface area contributed by atoms with Crippen LogP contribution in [-0.2, 0) is 27.2 Å². The largest absolute Gasteiger partial charge is 0.508 e. The monoisotopic (exact) mass is 617 g/mol. The minimum Gasteiger partial charge on any atom is -0.508 e. The van der Waals surface area contributed by atoms with Crippen molar-refractivity contribution in [1.29, 1.82) is 0 Å². The van der Waals surface area contributed by atoms with Gasteiger partial charge >= 0.3 is 6.09 Å². The van der Waals surface area contributed by atoms with Crippen LogP contribution in [0.25, 0.3) is 0 Å². The van der Waals surface area contributed by atoms with E-state index in [0.29, 0.717) is 29.0 Å². The van der Waals surface area contributed by atoms with E-state index in [9.17, 15) is 19.5 Å². The lowest BCUT2D eigenvalue weighted by molar-refractivity contribution is -0.147. The third-order valence-electron chi connectivity index (χ3n) is 7.69. The Kier molecular flexibility index (Phi) is 11.6. The number of carbonyl (C=O) groups excluding carboxylic acids is 3. The van der Waals surface area contributed by atoms with Crippen molar-refractivity contribution < 1.29 is 29.0 Å². The average molecular weight is 618 g/mol. The maximum atomic E-state index is 14.8. The quantitative estimate of drug-likeness (QED) is 0.206. The molecule has 0 saturated heterocycles. The first-order chi connectivity index (χ1) is 21.2. The average Bonchev–Trinajstić information content (AvgIpc) is 2.99. The molecular formula is C36H47N3O6. The van der Waals surface area contributed by atoms with Gasteiger partial charge in [-0.15, -0.1) is 0 Å². The van der Waals surface area contributed by atoms with Gasteiger partial charge in [0.05, 0.1) is 7.11 Å². The Morgan fingerprint density at radius 1 is 0.844 bits per heavy atom. The molecule has 3 rings (SSSR count). The van der Waals surface area contributed by atoms with Gasteiger partial charge in [-0.1, -0.05) is 50.2 Å². The van der Waals surface area contributed by atoms with Gasteiger partial charge in [-0.05, 0) is 101 Å². The van der Waals surface area contributed by atoms with E-state index in [1.54, 1.807) is 69.2 Å². The normalized spacial score (nSPS) is 12.9. The zero-order valence-electron chi connectivity index (χ0n) is 27.6. The van der Waals surface area contributed by atoms with Gasteiger partial charge in [-0.3, -0.25) is 9.59 Å². The summed E-state index contributed by atoms with van der Waals surface area (Å²) >= 11 is 0. The molecule has 0 radical (unpaired) electrons. The molecule has 3 N–H and O–H groups in total. The second kappa shape index (κ2) is 15.0. The number of benzene rings is 3. The summed E-state index contributed by atoms with van der Waals surface area (Å²) in [5, 5.41) is 15.6. The molecule has 0 aliphatic heterocycles. The van der Waals surface area contributed by atoms with Gasteiger partial charge in [0.2, 0.25) is 5.91 Å². The number of phenols is 1. The number of carbonyl (C=O) groups is 3. The molecule has 0 aromatic heterocycles. The lowest BCUT2D eigenvalue weighted by atomic mass is 9.90. The fraction of sp³-hybridized carbons (Fsp3) is 0.417. The van der Waals surface area contributed by atoms with Crippen LogP contribution in [0.15, 0.2) is 72.8 Å². The van der Waals surface area contributed by atoms with E-state index >= 15 is 0 Å². The zero-order valence-corrected chi connectivity index (χ0v) is 27.6. The number of alkyl carbamates (subject to hydrolysis) is 1. The Hall–Kier alpha value is -4.53. The number of ether oxygens (including phenoxy) is 2. The number of aryl methyl sites for hydroxylation is 1. The Morgan fingerprint density at radius 3 is 1.93 bits per heavy atom. The van der Waals surface area contributed by atoms with E-state index in [2.05, 4.69) is 17.6 Å². The lowest BCUT2D eigenvalue weighted by Gasteiger charge is -2.44. The summed E-state index contributed by atoms with van der Waals surface area (Å²) in [5.74, 6) is -0.120. The van der Waals surface area contributed by atoms with E-state index < -0.39 is 41.1 Å². The molecule has 0 aliphatic rings. The summed E-state index contributed by atoms with van der Waals surface area (Å²) in [6, 6.07) is 19.0. The molecule has 45 heavy (non-hydrogen) atoms. The molecule has 9 heteroatoms. The van der Waals surface area contributed by atoms with Gasteiger partial charge in [0.25, 0.3) is 5.91 Å². The van der Waals surface area contributed by atoms with Gasteiger partial charge in [0, 0.05) is 17.6 Å². The Labute approximate surface area is 266 Å². The van der Waals surface area contributed by atoms with Crippen LogP contribution >= 0.6 is 0 Å². The second-order valence-electron chi connectivity index (χ2n) is 12.7. The van der Waals surface area contributed by atoms with Gasteiger partial charge in [0.1, 0.15) is 29.2 Å². The molecule has 0 spiro atoms. The maximum Gasteiger partial charge on any atom is 0.408 e. The summed E-state index contributed by atoms with van der Waals surface area (Å²) in [6.07, 6.45) is 0.702. The summed E-state index contributed by atoms with van der Waals surface area (Å²) in [4.78, 5) is 43.7. The molecule has 9 nitrogen and oxygen atoms in total. The number of methoxy groups -OCH3 is 1. The van der Waals surface area contributed by atoms with Crippen molar-refractivity contribution in [3.63, 3.8) is 0 Å². The first-order valence-electron chi connectivity index (χ1n) is 15.3. The van der Waals surface area contributed by atoms with Crippen molar-refractivity contribution in [2.45, 2.75) is 91.0 Å². The van der Waals surface area contributed by atoms with E-state index in [-0.39, 0.29) is 12.2 Å². The van der Waals surface area contributed by atoms with Crippen molar-refractivity contribution in [2.24, 2.45) is 0 Å². The van der Waals surface area contributed by atoms with Crippen LogP contribution in [0.2, 0.25) is 0 Å². The van der Waals surface area contributed by atoms with Crippen LogP contribution in [0, 0.1) is 0 Å². The molecule has 3 amide bonds. The third kappa shape index (κ3) is 9.73. The maximum absolute atomic E-state index is 14.8. The number of nitrogens with one attached hydrogen (secondary N) is 2. The number of amides is 3. The molecule has 3 aromatic carbocycles. The molecule has 3 aromatic rings. The highest BCUT2D eigenvalue weighted by Gasteiger charge is 2.43. The van der Waals surface area contributed by atoms with Gasteiger partial charge in [-0.2, -0.15) is 0 Å². The minimum absolute atomic E-state index is 0.0845. The molecule has 0 fully saturated rings. The molecule has 0 bridgehead atoms. The predicted molar refractivity (Wildman–Crippen MR) is 176 cm³/mol. The number of nitrogens with zero attached hydrogens (tertiary/aromatic N) is 1. The van der Waals surface area contributed by atoms with E-state index in [1.807, 2.05) is 45.0 Å². The van der Waals surface area contributed by atoms with Crippen LogP contribution in [0.4, 0.5) is 10.5 Å². The van der Waals surface area contributed by atoms with Crippen LogP contribution < -0.4 is 15.4 Å². The summed E-state index contributed by atoms with van der Waals surface area (Å²) in [6.45, 7) is 13.1. The van der Waals surface area contributed by atoms with Crippen LogP contribution in [0.1, 0.15) is 77.6 Å². The number of anilines is 1. The zero-order chi connectivity index (χ0) is 33.4. The number of hydrogen-bond acceptors (Lipinski definition) is 6. The molecule has 2 unspecified atom stereocenters. The highest BCUT2D eigenvalue weighted by Crippen LogP contribution is 2.34. The van der Waals surface area contributed by atoms with E-state index in [1.165, 1.54) is 12.1 Å². The van der Waals surface area contributed by atoms with Crippen LogP contribution in [0.3, 0.4) is 0 Å². The first-order valence-corrected chi connectivity index (χ1v) is 15.3. The van der Waals surface area contributed by atoms with Gasteiger partial charge in [0.15, 0.2) is 0 Å². The molecular weight excluding hydrogens is 570 g/mol. The van der Waals surface area contributed by atoms with Crippen LogP contribution in [-0.4, -0.2) is 52.2 Å². The van der Waals surface area contributed by atoms with Crippen molar-refractivity contribution in [2.75, 3.05) is 12.4 Å². The SMILES string of the molecule is CCc1ccc(C(C(=O)Nc2ccc(OC)cc2)N(C(=O)C(Cc2ccc(O)cc2)NC(=O)OC(C)(C)C)C(C)(C)CC)cc1. The van der Waals surface area contributed by atoms with Crippen molar-refractivity contribution in [3.05, 3.63) is 89.5 Å². The molecule has 0 heterocycles. The highest BCUT2D eigenvalue weighted by atomic mass is 16.6. The third-order valence-corrected chi connectivity index (χ3v) is 7.69. The molecule has 2 atom stereocenters. The van der Waals surface area contributed by atoms with E-state index in [0.717, 1.165) is 12.0 Å². The van der Waals surface area contributed by atoms with Crippen LogP contribution in [0.5, 0.6) is 11.5 Å². The number of aromatic hydroxyl groups is 1. The molecule has 0 saturated carbocycles. The second-order valence-corrected chi connectivity index (χ2v) is 12.7. The fourth-order valence-electron chi connectivity index (χ4n) is 4.87. The van der Waals surface area contributed by atoms with Gasteiger partial charge < -0.3 is 30.1 Å². The number of rotatable bonds is 12. The van der Waals surface area contributed by atoms with Gasteiger partial charge in [-0.25, -0.2) is 4.79 Å². The van der Waals surface area contributed by atoms with Crippen molar-refractivity contribution >= 4 is 23.6 Å².